The van der Waals surface area contributed by atoms with Crippen LogP contribution >= 0.6 is 12.2 Å². The van der Waals surface area contributed by atoms with E-state index < -0.39 is 0 Å². The molecule has 2 aromatic carbocycles. The number of quaternary nitrogens is 1. The fraction of sp³-hybridized carbons (Fsp3) is 0.278. The van der Waals surface area contributed by atoms with Crippen LogP contribution in [-0.2, 0) is 6.42 Å². The van der Waals surface area contributed by atoms with Gasteiger partial charge in [0.25, 0.3) is 0 Å². The summed E-state index contributed by atoms with van der Waals surface area (Å²) in [5.41, 5.74) is 3.86. The van der Waals surface area contributed by atoms with Gasteiger partial charge in [-0.25, -0.2) is 0 Å². The Kier molecular flexibility index (Phi) is 4.71. The van der Waals surface area contributed by atoms with Crippen molar-refractivity contribution in [3.05, 3.63) is 65.7 Å². The highest BCUT2D eigenvalue weighted by molar-refractivity contribution is 7.80. The summed E-state index contributed by atoms with van der Waals surface area (Å²) in [6.07, 6.45) is 1.09. The third kappa shape index (κ3) is 3.46. The second kappa shape index (κ2) is 6.90. The lowest BCUT2D eigenvalue weighted by Gasteiger charge is -2.36. The van der Waals surface area contributed by atoms with E-state index in [4.69, 9.17) is 12.2 Å². The van der Waals surface area contributed by atoms with Gasteiger partial charge < -0.3 is 10.2 Å². The predicted octanol–water partition coefficient (Wildman–Crippen LogP) is 1.73. The average molecular weight is 312 g/mol. The molecule has 0 aliphatic carbocycles. The van der Waals surface area contributed by atoms with Crippen molar-refractivity contribution in [2.45, 2.75) is 13.3 Å². The molecule has 2 N–H and O–H groups in total. The second-order valence-corrected chi connectivity index (χ2v) is 6.15. The van der Waals surface area contributed by atoms with Crippen molar-refractivity contribution in [3.8, 4) is 0 Å². The van der Waals surface area contributed by atoms with Crippen LogP contribution in [0.1, 0.15) is 11.1 Å². The first-order valence-corrected chi connectivity index (χ1v) is 8.13. The Morgan fingerprint density at radius 1 is 1.09 bits per heavy atom. The van der Waals surface area contributed by atoms with Crippen LogP contribution in [0.25, 0.3) is 0 Å². The molecule has 1 heterocycles. The Morgan fingerprint density at radius 2 is 1.82 bits per heavy atom. The molecule has 0 bridgehead atoms. The molecule has 22 heavy (non-hydrogen) atoms. The van der Waals surface area contributed by atoms with Gasteiger partial charge in [0.2, 0.25) is 0 Å². The second-order valence-electron chi connectivity index (χ2n) is 5.77. The van der Waals surface area contributed by atoms with E-state index >= 15 is 0 Å². The molecule has 4 heteroatoms. The number of thiocarbonyl (C=S) groups is 1. The van der Waals surface area contributed by atoms with Crippen molar-refractivity contribution in [1.82, 2.24) is 5.32 Å². The Hall–Kier alpha value is -1.91. The van der Waals surface area contributed by atoms with E-state index in [9.17, 15) is 0 Å². The van der Waals surface area contributed by atoms with Crippen LogP contribution < -0.4 is 15.1 Å². The lowest BCUT2D eigenvalue weighted by Crippen LogP contribution is -3.17. The zero-order valence-electron chi connectivity index (χ0n) is 12.9. The number of nitrogens with one attached hydrogen (secondary N) is 2. The van der Waals surface area contributed by atoms with Gasteiger partial charge in [0.1, 0.15) is 0 Å². The number of nitrogens with zero attached hydrogens (tertiary/aromatic N) is 1. The van der Waals surface area contributed by atoms with Gasteiger partial charge in [-0.2, -0.15) is 0 Å². The van der Waals surface area contributed by atoms with Gasteiger partial charge in [0.05, 0.1) is 12.2 Å². The smallest absolute Gasteiger partial charge is 0.182 e. The highest BCUT2D eigenvalue weighted by atomic mass is 32.1. The van der Waals surface area contributed by atoms with Crippen LogP contribution in [0.2, 0.25) is 0 Å². The van der Waals surface area contributed by atoms with E-state index in [2.05, 4.69) is 71.7 Å². The number of anilines is 1. The minimum absolute atomic E-state index is 0.831. The molecular weight excluding hydrogens is 290 g/mol. The normalized spacial score (nSPS) is 18.1. The summed E-state index contributed by atoms with van der Waals surface area (Å²) >= 11 is 5.50. The minimum atomic E-state index is 0.831. The first kappa shape index (κ1) is 15.0. The van der Waals surface area contributed by atoms with Crippen LogP contribution in [-0.4, -0.2) is 25.0 Å². The summed E-state index contributed by atoms with van der Waals surface area (Å²) in [5.74, 6) is 0. The van der Waals surface area contributed by atoms with Crippen molar-refractivity contribution in [2.24, 2.45) is 0 Å². The van der Waals surface area contributed by atoms with Crippen molar-refractivity contribution in [2.75, 3.05) is 24.8 Å². The molecule has 0 aromatic heterocycles. The van der Waals surface area contributed by atoms with E-state index in [1.54, 1.807) is 0 Å². The van der Waals surface area contributed by atoms with E-state index in [-0.39, 0.29) is 0 Å². The van der Waals surface area contributed by atoms with Gasteiger partial charge in [-0.15, -0.1) is 0 Å². The molecule has 1 atom stereocenters. The van der Waals surface area contributed by atoms with E-state index in [0.29, 0.717) is 0 Å². The fourth-order valence-electron chi connectivity index (χ4n) is 2.84. The number of aryl methyl sites for hydroxylation is 1. The molecule has 0 amide bonds. The highest BCUT2D eigenvalue weighted by Gasteiger charge is 2.25. The SMILES string of the molecule is Cc1ccccc1N1C[NH+](CCc2ccccc2)CNC1=S. The van der Waals surface area contributed by atoms with Crippen molar-refractivity contribution in [1.29, 1.82) is 0 Å². The Labute approximate surface area is 137 Å². The van der Waals surface area contributed by atoms with Crippen molar-refractivity contribution in [3.63, 3.8) is 0 Å². The molecule has 0 spiro atoms. The maximum atomic E-state index is 5.50. The van der Waals surface area contributed by atoms with Gasteiger partial charge in [0, 0.05) is 6.42 Å². The molecular formula is C18H22N3S+. The summed E-state index contributed by atoms with van der Waals surface area (Å²) < 4.78 is 0. The summed E-state index contributed by atoms with van der Waals surface area (Å²) in [4.78, 5) is 3.72. The van der Waals surface area contributed by atoms with Crippen LogP contribution in [0, 0.1) is 6.92 Å². The quantitative estimate of drug-likeness (QED) is 0.839. The van der Waals surface area contributed by atoms with E-state index in [1.165, 1.54) is 21.7 Å². The third-order valence-electron chi connectivity index (χ3n) is 4.13. The molecule has 114 valence electrons. The molecule has 1 saturated heterocycles. The number of benzene rings is 2. The Morgan fingerprint density at radius 3 is 2.59 bits per heavy atom. The van der Waals surface area contributed by atoms with Gasteiger partial charge in [0.15, 0.2) is 18.4 Å². The number of para-hydroxylation sites is 1. The lowest BCUT2D eigenvalue weighted by molar-refractivity contribution is -0.902. The van der Waals surface area contributed by atoms with Crippen LogP contribution in [0.4, 0.5) is 5.69 Å². The van der Waals surface area contributed by atoms with Crippen molar-refractivity contribution < 1.29 is 4.90 Å². The summed E-state index contributed by atoms with van der Waals surface area (Å²) in [6, 6.07) is 19.1. The Bertz CT molecular complexity index is 642. The maximum absolute atomic E-state index is 5.50. The molecule has 1 unspecified atom stereocenters. The fourth-order valence-corrected chi connectivity index (χ4v) is 3.08. The topological polar surface area (TPSA) is 19.7 Å². The van der Waals surface area contributed by atoms with Crippen molar-refractivity contribution >= 4 is 23.0 Å². The zero-order chi connectivity index (χ0) is 15.4. The van der Waals surface area contributed by atoms with Gasteiger partial charge in [-0.1, -0.05) is 48.5 Å². The zero-order valence-corrected chi connectivity index (χ0v) is 13.7. The molecule has 1 fully saturated rings. The Balaban J connectivity index is 1.66. The van der Waals surface area contributed by atoms with Crippen LogP contribution in [0.3, 0.4) is 0 Å². The van der Waals surface area contributed by atoms with Gasteiger partial charge in [-0.3, -0.25) is 4.90 Å². The van der Waals surface area contributed by atoms with Crippen LogP contribution in [0.5, 0.6) is 0 Å². The standard InChI is InChI=1S/C18H21N3S/c1-15-7-5-6-10-17(15)21-14-20(13-19-18(21)22)12-11-16-8-3-2-4-9-16/h2-10H,11-14H2,1H3,(H,19,22)/p+1. The van der Waals surface area contributed by atoms with Gasteiger partial charge >= 0.3 is 0 Å². The van der Waals surface area contributed by atoms with E-state index in [0.717, 1.165) is 31.4 Å². The van der Waals surface area contributed by atoms with E-state index in [1.807, 2.05) is 0 Å². The largest absolute Gasteiger partial charge is 0.315 e. The molecule has 2 aromatic rings. The highest BCUT2D eigenvalue weighted by Crippen LogP contribution is 2.18. The average Bonchev–Trinajstić information content (AvgIpc) is 2.56. The van der Waals surface area contributed by atoms with Gasteiger partial charge in [-0.05, 0) is 36.3 Å². The predicted molar refractivity (Wildman–Crippen MR) is 95.1 cm³/mol. The third-order valence-corrected chi connectivity index (χ3v) is 4.50. The van der Waals surface area contributed by atoms with Crippen LogP contribution in [0.15, 0.2) is 54.6 Å². The maximum Gasteiger partial charge on any atom is 0.182 e. The molecule has 3 nitrogen and oxygen atoms in total. The lowest BCUT2D eigenvalue weighted by atomic mass is 10.1. The molecule has 0 radical (unpaired) electrons. The molecule has 0 saturated carbocycles. The number of hydrogen-bond donors (Lipinski definition) is 2. The first-order valence-electron chi connectivity index (χ1n) is 7.72. The first-order chi connectivity index (χ1) is 10.7. The number of hydrogen-bond acceptors (Lipinski definition) is 1. The molecule has 1 aliphatic heterocycles. The summed E-state index contributed by atoms with van der Waals surface area (Å²) in [5, 5.41) is 4.20. The summed E-state index contributed by atoms with van der Waals surface area (Å²) in [7, 11) is 0. The minimum Gasteiger partial charge on any atom is -0.315 e. The summed E-state index contributed by atoms with van der Waals surface area (Å²) in [6.45, 7) is 5.05. The molecule has 3 rings (SSSR count). The number of rotatable bonds is 4. The monoisotopic (exact) mass is 312 g/mol. The molecule has 1 aliphatic rings.